The Balaban J connectivity index is 2.67. The minimum Gasteiger partial charge on any atom is -0.229 e. The Bertz CT molecular complexity index is 358. The fourth-order valence-electron chi connectivity index (χ4n) is 0.985. The Kier molecular flexibility index (Phi) is 2.65. The van der Waals surface area contributed by atoms with Crippen molar-refractivity contribution in [3.8, 4) is 0 Å². The second-order valence-electron chi connectivity index (χ2n) is 2.66. The van der Waals surface area contributed by atoms with E-state index in [1.807, 2.05) is 0 Å². The van der Waals surface area contributed by atoms with Gasteiger partial charge in [0, 0.05) is 16.6 Å². The van der Waals surface area contributed by atoms with Crippen molar-refractivity contribution in [2.75, 3.05) is 11.5 Å². The van der Waals surface area contributed by atoms with Crippen LogP contribution in [-0.4, -0.2) is 33.1 Å². The molecule has 0 saturated carbocycles. The molecular weight excluding hydrogens is 247 g/mol. The molecule has 1 aliphatic rings. The zero-order valence-corrected chi connectivity index (χ0v) is 8.92. The van der Waals surface area contributed by atoms with Crippen LogP contribution in [0.15, 0.2) is 0 Å². The predicted octanol–water partition coefficient (Wildman–Crippen LogP) is 0.165. The van der Waals surface area contributed by atoms with E-state index in [1.165, 1.54) is 0 Å². The molecule has 4 nitrogen and oxygen atoms in total. The summed E-state index contributed by atoms with van der Waals surface area (Å²) in [7, 11) is -1.95. The van der Waals surface area contributed by atoms with E-state index in [2.05, 4.69) is 0 Å². The van der Waals surface area contributed by atoms with Gasteiger partial charge in [-0.15, -0.1) is 11.6 Å². The fraction of sp³-hybridized carbons (Fsp3) is 1.00. The standard InChI is InChI=1S/C4H6Cl2O4S2/c5-4(12(6,9)10)3-1-11(7,8)2-3/h3-4H,1-2H2. The third-order valence-corrected chi connectivity index (χ3v) is 6.28. The summed E-state index contributed by atoms with van der Waals surface area (Å²) in [5, 5.41) is 0. The zero-order chi connectivity index (χ0) is 9.57. The van der Waals surface area contributed by atoms with Crippen molar-refractivity contribution in [3.05, 3.63) is 0 Å². The minimum absolute atomic E-state index is 0.187. The maximum absolute atomic E-state index is 10.6. The number of sulfone groups is 1. The minimum atomic E-state index is -3.84. The van der Waals surface area contributed by atoms with Gasteiger partial charge in [-0.05, 0) is 0 Å². The summed E-state index contributed by atoms with van der Waals surface area (Å²) in [5.74, 6) is -0.931. The highest BCUT2D eigenvalue weighted by Crippen LogP contribution is 2.30. The lowest BCUT2D eigenvalue weighted by molar-refractivity contribution is 0.527. The summed E-state index contributed by atoms with van der Waals surface area (Å²) in [6.45, 7) is 0. The molecule has 0 amide bonds. The molecule has 1 heterocycles. The van der Waals surface area contributed by atoms with Crippen LogP contribution in [0, 0.1) is 5.92 Å². The number of hydrogen-bond donors (Lipinski definition) is 0. The van der Waals surface area contributed by atoms with Crippen molar-refractivity contribution in [2.45, 2.75) is 4.71 Å². The summed E-state index contributed by atoms with van der Waals surface area (Å²) < 4.78 is 41.2. The number of rotatable bonds is 2. The second-order valence-corrected chi connectivity index (χ2v) is 8.30. The van der Waals surface area contributed by atoms with Crippen LogP contribution < -0.4 is 0 Å². The summed E-state index contributed by atoms with van der Waals surface area (Å²) in [4.78, 5) is 0. The third kappa shape index (κ3) is 2.25. The van der Waals surface area contributed by atoms with Crippen LogP contribution in [0.25, 0.3) is 0 Å². The van der Waals surface area contributed by atoms with Crippen molar-refractivity contribution in [2.24, 2.45) is 5.92 Å². The van der Waals surface area contributed by atoms with E-state index in [0.717, 1.165) is 0 Å². The molecule has 1 fully saturated rings. The molecule has 1 aliphatic heterocycles. The van der Waals surface area contributed by atoms with Gasteiger partial charge in [-0.25, -0.2) is 16.8 Å². The Morgan fingerprint density at radius 1 is 1.33 bits per heavy atom. The van der Waals surface area contributed by atoms with E-state index in [4.69, 9.17) is 22.3 Å². The molecule has 12 heavy (non-hydrogen) atoms. The SMILES string of the molecule is O=S1(=O)CC(C(Cl)S(=O)(=O)Cl)C1. The highest BCUT2D eigenvalue weighted by atomic mass is 35.7. The third-order valence-electron chi connectivity index (χ3n) is 1.58. The molecule has 1 atom stereocenters. The van der Waals surface area contributed by atoms with E-state index < -0.39 is 29.5 Å². The van der Waals surface area contributed by atoms with Crippen LogP contribution in [0.4, 0.5) is 0 Å². The Morgan fingerprint density at radius 3 is 2.00 bits per heavy atom. The maximum atomic E-state index is 10.6. The average molecular weight is 253 g/mol. The van der Waals surface area contributed by atoms with Gasteiger partial charge in [0.1, 0.15) is 0 Å². The first-order valence-corrected chi connectivity index (χ1v) is 7.63. The van der Waals surface area contributed by atoms with E-state index in [1.54, 1.807) is 0 Å². The molecule has 0 bridgehead atoms. The summed E-state index contributed by atoms with van der Waals surface area (Å²) in [6, 6.07) is 0. The van der Waals surface area contributed by atoms with Gasteiger partial charge in [-0.1, -0.05) is 0 Å². The van der Waals surface area contributed by atoms with E-state index in [0.29, 0.717) is 0 Å². The van der Waals surface area contributed by atoms with Crippen LogP contribution >= 0.6 is 22.3 Å². The molecule has 1 unspecified atom stereocenters. The van der Waals surface area contributed by atoms with Crippen molar-refractivity contribution in [1.82, 2.24) is 0 Å². The fourth-order valence-corrected chi connectivity index (χ4v) is 4.30. The molecule has 0 aliphatic carbocycles. The molecule has 0 spiro atoms. The first-order chi connectivity index (χ1) is 5.22. The predicted molar refractivity (Wildman–Crippen MR) is 46.6 cm³/mol. The Morgan fingerprint density at radius 2 is 1.75 bits per heavy atom. The molecule has 0 N–H and O–H groups in total. The van der Waals surface area contributed by atoms with Crippen LogP contribution in [0.3, 0.4) is 0 Å². The van der Waals surface area contributed by atoms with Gasteiger partial charge < -0.3 is 0 Å². The van der Waals surface area contributed by atoms with Crippen LogP contribution in [0.5, 0.6) is 0 Å². The molecule has 72 valence electrons. The van der Waals surface area contributed by atoms with Crippen molar-refractivity contribution >= 4 is 41.2 Å². The van der Waals surface area contributed by atoms with Crippen LogP contribution in [0.2, 0.25) is 0 Å². The highest BCUT2D eigenvalue weighted by Gasteiger charge is 2.43. The zero-order valence-electron chi connectivity index (χ0n) is 5.77. The first kappa shape index (κ1) is 10.6. The van der Waals surface area contributed by atoms with Gasteiger partial charge in [0.05, 0.1) is 11.5 Å². The second kappa shape index (κ2) is 3.01. The Hall–Kier alpha value is 0.480. The smallest absolute Gasteiger partial charge is 0.229 e. The molecular formula is C4H6Cl2O4S2. The van der Waals surface area contributed by atoms with Gasteiger partial charge in [0.2, 0.25) is 9.05 Å². The largest absolute Gasteiger partial charge is 0.249 e. The van der Waals surface area contributed by atoms with Gasteiger partial charge in [-0.2, -0.15) is 0 Å². The van der Waals surface area contributed by atoms with E-state index in [9.17, 15) is 16.8 Å². The first-order valence-electron chi connectivity index (χ1n) is 3.00. The number of hydrogen-bond acceptors (Lipinski definition) is 4. The van der Waals surface area contributed by atoms with E-state index >= 15 is 0 Å². The maximum Gasteiger partial charge on any atom is 0.249 e. The normalized spacial score (nSPS) is 26.2. The topological polar surface area (TPSA) is 68.3 Å². The Labute approximate surface area is 80.2 Å². The average Bonchev–Trinajstić information content (AvgIpc) is 1.78. The lowest BCUT2D eigenvalue weighted by Crippen LogP contribution is -2.43. The molecule has 0 radical (unpaired) electrons. The van der Waals surface area contributed by atoms with Crippen molar-refractivity contribution < 1.29 is 16.8 Å². The lowest BCUT2D eigenvalue weighted by atomic mass is 10.2. The number of alkyl halides is 1. The van der Waals surface area contributed by atoms with Crippen LogP contribution in [0.1, 0.15) is 0 Å². The van der Waals surface area contributed by atoms with E-state index in [-0.39, 0.29) is 11.5 Å². The molecule has 1 rings (SSSR count). The quantitative estimate of drug-likeness (QED) is 0.519. The van der Waals surface area contributed by atoms with Gasteiger partial charge >= 0.3 is 0 Å². The summed E-state index contributed by atoms with van der Waals surface area (Å²) in [5.41, 5.74) is 0. The molecule has 0 aromatic carbocycles. The monoisotopic (exact) mass is 252 g/mol. The lowest BCUT2D eigenvalue weighted by Gasteiger charge is -2.27. The van der Waals surface area contributed by atoms with Gasteiger partial charge in [0.25, 0.3) is 0 Å². The van der Waals surface area contributed by atoms with Gasteiger partial charge in [0.15, 0.2) is 14.5 Å². The highest BCUT2D eigenvalue weighted by molar-refractivity contribution is 8.15. The summed E-state index contributed by atoms with van der Waals surface area (Å²) >= 11 is 5.40. The van der Waals surface area contributed by atoms with Gasteiger partial charge in [-0.3, -0.25) is 0 Å². The van der Waals surface area contributed by atoms with Crippen molar-refractivity contribution in [1.29, 1.82) is 0 Å². The van der Waals surface area contributed by atoms with Crippen LogP contribution in [-0.2, 0) is 18.9 Å². The number of halogens is 2. The molecule has 0 aromatic heterocycles. The molecule has 8 heteroatoms. The molecule has 1 saturated heterocycles. The van der Waals surface area contributed by atoms with Crippen molar-refractivity contribution in [3.63, 3.8) is 0 Å². The molecule has 0 aromatic rings. The summed E-state index contributed by atoms with van der Waals surface area (Å²) in [6.07, 6.45) is 0.